The summed E-state index contributed by atoms with van der Waals surface area (Å²) in [4.78, 5) is 22.4. The maximum atomic E-state index is 11.2. The first-order chi connectivity index (χ1) is 10.1. The molecule has 0 heterocycles. The molecule has 0 atom stereocenters. The van der Waals surface area contributed by atoms with Crippen molar-refractivity contribution in [1.29, 1.82) is 0 Å². The molecule has 0 bridgehead atoms. The smallest absolute Gasteiger partial charge is 0.159 e. The summed E-state index contributed by atoms with van der Waals surface area (Å²) in [7, 11) is 0. The van der Waals surface area contributed by atoms with Gasteiger partial charge in [-0.2, -0.15) is 0 Å². The predicted octanol–water partition coefficient (Wildman–Crippen LogP) is 4.27. The van der Waals surface area contributed by atoms with E-state index in [2.05, 4.69) is 0 Å². The van der Waals surface area contributed by atoms with Crippen LogP contribution in [-0.4, -0.2) is 11.6 Å². The highest BCUT2D eigenvalue weighted by Gasteiger charge is 2.01. The van der Waals surface area contributed by atoms with E-state index in [9.17, 15) is 9.59 Å². The molecule has 2 aromatic carbocycles. The number of hydrogen-bond donors (Lipinski definition) is 0. The van der Waals surface area contributed by atoms with E-state index in [1.165, 1.54) is 11.1 Å². The Bertz CT molecular complexity index is 564. The molecule has 2 nitrogen and oxygen atoms in total. The number of carbonyl (C=O) groups excluding carboxylic acids is 2. The van der Waals surface area contributed by atoms with Gasteiger partial charge in [-0.05, 0) is 44.2 Å². The van der Waals surface area contributed by atoms with Crippen molar-refractivity contribution in [3.8, 4) is 0 Å². The zero-order valence-electron chi connectivity index (χ0n) is 12.6. The number of hydrogen-bond acceptors (Lipinski definition) is 2. The zero-order valence-corrected chi connectivity index (χ0v) is 12.6. The van der Waals surface area contributed by atoms with Gasteiger partial charge in [0.2, 0.25) is 0 Å². The number of ketones is 2. The predicted molar refractivity (Wildman–Crippen MR) is 84.9 cm³/mol. The van der Waals surface area contributed by atoms with Crippen LogP contribution in [0.15, 0.2) is 48.5 Å². The van der Waals surface area contributed by atoms with Gasteiger partial charge in [-0.25, -0.2) is 0 Å². The maximum Gasteiger partial charge on any atom is 0.159 e. The molecule has 2 heteroatoms. The molecule has 21 heavy (non-hydrogen) atoms. The van der Waals surface area contributed by atoms with Crippen molar-refractivity contribution < 1.29 is 9.59 Å². The molecule has 0 radical (unpaired) electrons. The van der Waals surface area contributed by atoms with Gasteiger partial charge in [0.25, 0.3) is 0 Å². The zero-order chi connectivity index (χ0) is 15.2. The third-order valence-corrected chi connectivity index (χ3v) is 3.65. The second-order valence-corrected chi connectivity index (χ2v) is 5.36. The van der Waals surface area contributed by atoms with E-state index in [4.69, 9.17) is 0 Å². The van der Waals surface area contributed by atoms with Crippen LogP contribution in [0.5, 0.6) is 0 Å². The van der Waals surface area contributed by atoms with Crippen LogP contribution in [-0.2, 0) is 12.8 Å². The van der Waals surface area contributed by atoms with Crippen molar-refractivity contribution >= 4 is 11.6 Å². The van der Waals surface area contributed by atoms with Crippen molar-refractivity contribution in [2.45, 2.75) is 33.1 Å². The lowest BCUT2D eigenvalue weighted by Crippen LogP contribution is -1.95. The Morgan fingerprint density at radius 3 is 1.29 bits per heavy atom. The highest BCUT2D eigenvalue weighted by Crippen LogP contribution is 2.11. The second-order valence-electron chi connectivity index (χ2n) is 5.36. The standard InChI is InChI=1S/C19H20O2/c1-14(20)18-10-6-16(7-11-18)4-3-5-17-8-12-19(13-9-17)15(2)21/h6-13H,3-5H2,1-2H3. The normalized spacial score (nSPS) is 10.4. The van der Waals surface area contributed by atoms with Gasteiger partial charge in [0.15, 0.2) is 11.6 Å². The molecule has 0 aliphatic carbocycles. The second kappa shape index (κ2) is 6.98. The lowest BCUT2D eigenvalue weighted by molar-refractivity contribution is 0.100. The fourth-order valence-corrected chi connectivity index (χ4v) is 2.31. The summed E-state index contributed by atoms with van der Waals surface area (Å²) in [5, 5.41) is 0. The Hall–Kier alpha value is -2.22. The van der Waals surface area contributed by atoms with Crippen LogP contribution in [0.2, 0.25) is 0 Å². The summed E-state index contributed by atoms with van der Waals surface area (Å²) < 4.78 is 0. The van der Waals surface area contributed by atoms with E-state index in [1.807, 2.05) is 48.5 Å². The van der Waals surface area contributed by atoms with Gasteiger partial charge >= 0.3 is 0 Å². The minimum Gasteiger partial charge on any atom is -0.295 e. The molecule has 0 N–H and O–H groups in total. The van der Waals surface area contributed by atoms with E-state index in [-0.39, 0.29) is 11.6 Å². The largest absolute Gasteiger partial charge is 0.295 e. The number of rotatable bonds is 6. The molecule has 0 aliphatic heterocycles. The van der Waals surface area contributed by atoms with Gasteiger partial charge in [-0.15, -0.1) is 0 Å². The highest BCUT2D eigenvalue weighted by molar-refractivity contribution is 5.94. The summed E-state index contributed by atoms with van der Waals surface area (Å²) >= 11 is 0. The molecule has 0 unspecified atom stereocenters. The van der Waals surface area contributed by atoms with E-state index in [0.29, 0.717) is 0 Å². The fraction of sp³-hybridized carbons (Fsp3) is 0.263. The van der Waals surface area contributed by atoms with Crippen LogP contribution in [0.4, 0.5) is 0 Å². The molecule has 2 rings (SSSR count). The fourth-order valence-electron chi connectivity index (χ4n) is 2.31. The third-order valence-electron chi connectivity index (χ3n) is 3.65. The van der Waals surface area contributed by atoms with E-state index >= 15 is 0 Å². The summed E-state index contributed by atoms with van der Waals surface area (Å²) in [5.41, 5.74) is 4.03. The molecule has 108 valence electrons. The van der Waals surface area contributed by atoms with Crippen molar-refractivity contribution in [3.05, 3.63) is 70.8 Å². The number of aryl methyl sites for hydroxylation is 2. The van der Waals surface area contributed by atoms with Crippen molar-refractivity contribution in [2.75, 3.05) is 0 Å². The average Bonchev–Trinajstić information content (AvgIpc) is 2.48. The Balaban J connectivity index is 1.86. The minimum absolute atomic E-state index is 0.104. The van der Waals surface area contributed by atoms with Gasteiger partial charge in [-0.1, -0.05) is 48.5 Å². The van der Waals surface area contributed by atoms with Crippen LogP contribution in [0.1, 0.15) is 52.1 Å². The molecular formula is C19H20O2. The van der Waals surface area contributed by atoms with Crippen LogP contribution in [0.25, 0.3) is 0 Å². The Kier molecular flexibility index (Phi) is 5.04. The molecular weight excluding hydrogens is 260 g/mol. The molecule has 0 fully saturated rings. The van der Waals surface area contributed by atoms with E-state index in [1.54, 1.807) is 13.8 Å². The summed E-state index contributed by atoms with van der Waals surface area (Å²) in [6.45, 7) is 3.17. The Morgan fingerprint density at radius 2 is 1.00 bits per heavy atom. The molecule has 2 aromatic rings. The quantitative estimate of drug-likeness (QED) is 0.741. The topological polar surface area (TPSA) is 34.1 Å². The molecule has 0 saturated heterocycles. The van der Waals surface area contributed by atoms with Gasteiger partial charge in [-0.3, -0.25) is 9.59 Å². The van der Waals surface area contributed by atoms with Gasteiger partial charge < -0.3 is 0 Å². The SMILES string of the molecule is CC(=O)c1ccc(CCCc2ccc(C(C)=O)cc2)cc1. The summed E-state index contributed by atoms with van der Waals surface area (Å²) in [6, 6.07) is 15.6. The Labute approximate surface area is 125 Å². The average molecular weight is 280 g/mol. The number of benzene rings is 2. The monoisotopic (exact) mass is 280 g/mol. The maximum absolute atomic E-state index is 11.2. The highest BCUT2D eigenvalue weighted by atomic mass is 16.1. The first-order valence-corrected chi connectivity index (χ1v) is 7.26. The first-order valence-electron chi connectivity index (χ1n) is 7.26. The van der Waals surface area contributed by atoms with Crippen LogP contribution < -0.4 is 0 Å². The Morgan fingerprint density at radius 1 is 0.667 bits per heavy atom. The van der Waals surface area contributed by atoms with Crippen molar-refractivity contribution in [1.82, 2.24) is 0 Å². The minimum atomic E-state index is 0.104. The lowest BCUT2D eigenvalue weighted by Gasteiger charge is -2.04. The van der Waals surface area contributed by atoms with Crippen molar-refractivity contribution in [3.63, 3.8) is 0 Å². The molecule has 0 spiro atoms. The van der Waals surface area contributed by atoms with Crippen molar-refractivity contribution in [2.24, 2.45) is 0 Å². The van der Waals surface area contributed by atoms with Gasteiger partial charge in [0.1, 0.15) is 0 Å². The number of carbonyl (C=O) groups is 2. The van der Waals surface area contributed by atoms with Crippen LogP contribution in [0.3, 0.4) is 0 Å². The molecule has 0 amide bonds. The summed E-state index contributed by atoms with van der Waals surface area (Å²) in [5.74, 6) is 0.208. The lowest BCUT2D eigenvalue weighted by atomic mass is 10.0. The summed E-state index contributed by atoms with van der Waals surface area (Å²) in [6.07, 6.45) is 3.04. The number of Topliss-reactive ketones (excluding diaryl/α,β-unsaturated/α-hetero) is 2. The van der Waals surface area contributed by atoms with Gasteiger partial charge in [0.05, 0.1) is 0 Å². The molecule has 0 aromatic heterocycles. The van der Waals surface area contributed by atoms with E-state index in [0.717, 1.165) is 30.4 Å². The molecule has 0 aliphatic rings. The van der Waals surface area contributed by atoms with E-state index < -0.39 is 0 Å². The van der Waals surface area contributed by atoms with Gasteiger partial charge in [0, 0.05) is 11.1 Å². The first kappa shape index (κ1) is 15.2. The third kappa shape index (κ3) is 4.38. The van der Waals surface area contributed by atoms with Crippen LogP contribution in [0, 0.1) is 0 Å². The van der Waals surface area contributed by atoms with Crippen LogP contribution >= 0.6 is 0 Å². The molecule has 0 saturated carbocycles.